The van der Waals surface area contributed by atoms with Crippen LogP contribution in [0, 0.1) is 23.7 Å². The number of nitrogens with zero attached hydrogens (tertiary/aromatic N) is 2. The van der Waals surface area contributed by atoms with Gasteiger partial charge in [-0.2, -0.15) is 0 Å². The summed E-state index contributed by atoms with van der Waals surface area (Å²) in [5.74, 6) is -1.32. The number of hydrogen-bond acceptors (Lipinski definition) is 11. The van der Waals surface area contributed by atoms with Gasteiger partial charge in [-0.25, -0.2) is 9.59 Å². The highest BCUT2D eigenvalue weighted by Crippen LogP contribution is 2.47. The number of amides is 4. The van der Waals surface area contributed by atoms with Crippen molar-refractivity contribution >= 4 is 47.3 Å². The number of imide groups is 2. The van der Waals surface area contributed by atoms with Crippen LogP contribution in [0.2, 0.25) is 0 Å². The largest absolute Gasteiger partial charge is 0.458 e. The molecule has 3 heterocycles. The fourth-order valence-corrected chi connectivity index (χ4v) is 7.28. The molecule has 1 unspecified atom stereocenters. The average Bonchev–Trinajstić information content (AvgIpc) is 3.52. The Labute approximate surface area is 269 Å². The van der Waals surface area contributed by atoms with Crippen LogP contribution in [-0.2, 0) is 47.8 Å². The van der Waals surface area contributed by atoms with Crippen molar-refractivity contribution < 1.29 is 47.8 Å². The molecule has 3 saturated heterocycles. The van der Waals surface area contributed by atoms with Gasteiger partial charge in [-0.3, -0.25) is 24.1 Å². The lowest BCUT2D eigenvalue weighted by Crippen LogP contribution is -2.39. The van der Waals surface area contributed by atoms with Gasteiger partial charge >= 0.3 is 11.9 Å². The number of epoxide rings is 1. The minimum atomic E-state index is -0.729. The second-order valence-electron chi connectivity index (χ2n) is 13.4. The summed E-state index contributed by atoms with van der Waals surface area (Å²) in [5, 5.41) is 0.132. The van der Waals surface area contributed by atoms with E-state index in [0.29, 0.717) is 67.9 Å². The Bertz CT molecular complexity index is 1140. The van der Waals surface area contributed by atoms with Gasteiger partial charge in [-0.15, -0.1) is 16.8 Å². The van der Waals surface area contributed by atoms with E-state index in [0.717, 1.165) is 0 Å². The van der Waals surface area contributed by atoms with Crippen molar-refractivity contribution in [2.75, 3.05) is 18.9 Å². The first-order valence-corrected chi connectivity index (χ1v) is 17.3. The van der Waals surface area contributed by atoms with Crippen LogP contribution in [0.4, 0.5) is 0 Å². The van der Waals surface area contributed by atoms with Gasteiger partial charge in [0, 0.05) is 32.4 Å². The van der Waals surface area contributed by atoms with E-state index in [1.54, 1.807) is 6.92 Å². The van der Waals surface area contributed by atoms with Crippen molar-refractivity contribution in [1.29, 1.82) is 0 Å². The summed E-state index contributed by atoms with van der Waals surface area (Å²) in [6.07, 6.45) is 2.08. The number of thioether (sulfide) groups is 1. The van der Waals surface area contributed by atoms with E-state index in [2.05, 4.69) is 20.8 Å². The molecule has 12 nitrogen and oxygen atoms in total. The lowest BCUT2D eigenvalue weighted by atomic mass is 9.82. The first-order valence-electron chi connectivity index (χ1n) is 16.3. The molecule has 1 aliphatic carbocycles. The lowest BCUT2D eigenvalue weighted by Gasteiger charge is -2.30. The lowest BCUT2D eigenvalue weighted by molar-refractivity contribution is -0.201. The molecule has 4 aliphatic rings. The summed E-state index contributed by atoms with van der Waals surface area (Å²) in [5.41, 5.74) is -0.485. The van der Waals surface area contributed by atoms with Gasteiger partial charge in [-0.05, 0) is 76.4 Å². The number of esters is 1. The smallest absolute Gasteiger partial charge is 0.336 e. The molecule has 252 valence electrons. The van der Waals surface area contributed by atoms with Gasteiger partial charge in [0.1, 0.15) is 11.7 Å². The maximum atomic E-state index is 13.0. The predicted molar refractivity (Wildman–Crippen MR) is 163 cm³/mol. The molecule has 0 spiro atoms. The van der Waals surface area contributed by atoms with Crippen molar-refractivity contribution in [2.24, 2.45) is 23.7 Å². The molecule has 4 rings (SSSR count). The summed E-state index contributed by atoms with van der Waals surface area (Å²) < 4.78 is 17.3. The first-order chi connectivity index (χ1) is 21.2. The monoisotopic (exact) mass is 652 g/mol. The molecule has 0 aromatic carbocycles. The van der Waals surface area contributed by atoms with Crippen LogP contribution < -0.4 is 0 Å². The number of carbonyl (C=O) groups excluding carboxylic acids is 6. The van der Waals surface area contributed by atoms with Gasteiger partial charge in [0.15, 0.2) is 6.10 Å². The molecule has 3 aliphatic heterocycles. The van der Waals surface area contributed by atoms with Gasteiger partial charge in [0.2, 0.25) is 11.8 Å². The van der Waals surface area contributed by atoms with Crippen molar-refractivity contribution in [3.63, 3.8) is 0 Å². The molecule has 13 heteroatoms. The molecule has 0 aromatic heterocycles. The standard InChI is InChI=1S/C32H48N2O10S/c1-18(2)19(3)28-32(6,43-28)21(5)42-30(39)20(4)41-14-7-15-45-24-16-27(37)33(29(24)38)17-22-8-10-23(11-9-22)31(40)44-34-25(35)12-13-26(34)36/h18-24,28H,7-17H2,1-6H3/t19-,20-,21+,22?,23?,24?,28+,32+/m1/s1. The second kappa shape index (κ2) is 14.9. The summed E-state index contributed by atoms with van der Waals surface area (Å²) in [6, 6.07) is 0. The molecule has 0 bridgehead atoms. The van der Waals surface area contributed by atoms with Gasteiger partial charge in [-0.1, -0.05) is 20.8 Å². The van der Waals surface area contributed by atoms with Crippen molar-refractivity contribution in [3.05, 3.63) is 0 Å². The fraction of sp³-hybridized carbons (Fsp3) is 0.812. The van der Waals surface area contributed by atoms with Crippen LogP contribution in [0.1, 0.15) is 92.9 Å². The number of hydrogen-bond donors (Lipinski definition) is 0. The van der Waals surface area contributed by atoms with Crippen molar-refractivity contribution in [1.82, 2.24) is 9.96 Å². The quantitative estimate of drug-likeness (QED) is 0.111. The van der Waals surface area contributed by atoms with E-state index in [9.17, 15) is 28.8 Å². The minimum Gasteiger partial charge on any atom is -0.458 e. The number of carbonyl (C=O) groups is 6. The SMILES string of the molecule is CC(C)[C@@H](C)[C@@H]1O[C@@]1(C)[C@H](C)OC(=O)[C@@H](C)OCCCSC1CC(=O)N(CC2CCC(C(=O)ON3C(=O)CCC3=O)CC2)C1=O. The van der Waals surface area contributed by atoms with Gasteiger partial charge < -0.3 is 19.0 Å². The average molecular weight is 653 g/mol. The summed E-state index contributed by atoms with van der Waals surface area (Å²) in [4.78, 5) is 80.6. The molecule has 0 radical (unpaired) electrons. The zero-order valence-corrected chi connectivity index (χ0v) is 28.1. The summed E-state index contributed by atoms with van der Waals surface area (Å²) in [6.45, 7) is 12.6. The molecule has 0 aromatic rings. The Balaban J connectivity index is 1.10. The van der Waals surface area contributed by atoms with Crippen LogP contribution in [-0.4, -0.2) is 93.6 Å². The third-order valence-corrected chi connectivity index (χ3v) is 11.1. The molecule has 6 atom stereocenters. The highest BCUT2D eigenvalue weighted by atomic mass is 32.2. The highest BCUT2D eigenvalue weighted by Gasteiger charge is 2.60. The first kappa shape index (κ1) is 35.3. The number of hydroxylamine groups is 2. The number of likely N-dealkylation sites (tertiary alicyclic amines) is 1. The van der Waals surface area contributed by atoms with Crippen LogP contribution in [0.5, 0.6) is 0 Å². The molecular weight excluding hydrogens is 604 g/mol. The fourth-order valence-electron chi connectivity index (χ4n) is 6.18. The van der Waals surface area contributed by atoms with Gasteiger partial charge in [0.05, 0.1) is 17.3 Å². The Hall–Kier alpha value is -2.51. The molecular formula is C32H48N2O10S. The Morgan fingerprint density at radius 3 is 2.24 bits per heavy atom. The summed E-state index contributed by atoms with van der Waals surface area (Å²) >= 11 is 1.42. The Morgan fingerprint density at radius 2 is 1.62 bits per heavy atom. The van der Waals surface area contributed by atoms with E-state index in [1.165, 1.54) is 16.7 Å². The Kier molecular flexibility index (Phi) is 11.7. The van der Waals surface area contributed by atoms with Crippen LogP contribution in [0.3, 0.4) is 0 Å². The maximum Gasteiger partial charge on any atom is 0.336 e. The number of ether oxygens (including phenoxy) is 3. The van der Waals surface area contributed by atoms with Crippen molar-refractivity contribution in [2.45, 2.75) is 122 Å². The highest BCUT2D eigenvalue weighted by molar-refractivity contribution is 8.00. The predicted octanol–water partition coefficient (Wildman–Crippen LogP) is 3.44. The minimum absolute atomic E-state index is 0.0492. The van der Waals surface area contributed by atoms with E-state index in [4.69, 9.17) is 19.0 Å². The maximum absolute atomic E-state index is 13.0. The van der Waals surface area contributed by atoms with E-state index in [-0.39, 0.29) is 43.1 Å². The third kappa shape index (κ3) is 8.45. The van der Waals surface area contributed by atoms with E-state index >= 15 is 0 Å². The zero-order valence-electron chi connectivity index (χ0n) is 27.3. The Morgan fingerprint density at radius 1 is 0.978 bits per heavy atom. The van der Waals surface area contributed by atoms with E-state index in [1.807, 2.05) is 13.8 Å². The third-order valence-electron chi connectivity index (χ3n) is 9.84. The van der Waals surface area contributed by atoms with Crippen LogP contribution in [0.15, 0.2) is 0 Å². The summed E-state index contributed by atoms with van der Waals surface area (Å²) in [7, 11) is 0. The normalized spacial score (nSPS) is 30.6. The topological polar surface area (TPSA) is 149 Å². The van der Waals surface area contributed by atoms with E-state index < -0.39 is 52.7 Å². The molecule has 4 fully saturated rings. The van der Waals surface area contributed by atoms with Crippen LogP contribution >= 0.6 is 11.8 Å². The molecule has 4 amide bonds. The zero-order chi connectivity index (χ0) is 33.1. The number of rotatable bonds is 15. The van der Waals surface area contributed by atoms with Crippen molar-refractivity contribution in [3.8, 4) is 0 Å². The second-order valence-corrected chi connectivity index (χ2v) is 14.7. The molecule has 1 saturated carbocycles. The van der Waals surface area contributed by atoms with Gasteiger partial charge in [0.25, 0.3) is 11.8 Å². The van der Waals surface area contributed by atoms with Crippen LogP contribution in [0.25, 0.3) is 0 Å². The molecule has 0 N–H and O–H groups in total. The molecule has 45 heavy (non-hydrogen) atoms.